The number of aromatic nitrogens is 2. The summed E-state index contributed by atoms with van der Waals surface area (Å²) in [7, 11) is 0. The number of aliphatic hydroxyl groups is 1. The monoisotopic (exact) mass is 289 g/mol. The number of anilines is 2. The van der Waals surface area contributed by atoms with Gasteiger partial charge in [0.2, 0.25) is 5.95 Å². The van der Waals surface area contributed by atoms with Crippen LogP contribution in [0.25, 0.3) is 10.9 Å². The van der Waals surface area contributed by atoms with Crippen LogP contribution in [0, 0.1) is 0 Å². The molecule has 0 bridgehead atoms. The van der Waals surface area contributed by atoms with Gasteiger partial charge in [0.05, 0.1) is 12.1 Å². The van der Waals surface area contributed by atoms with Crippen LogP contribution in [0.15, 0.2) is 24.3 Å². The Morgan fingerprint density at radius 1 is 1.24 bits per heavy atom. The molecule has 1 aromatic carbocycles. The Morgan fingerprint density at radius 2 is 1.95 bits per heavy atom. The third-order valence-electron chi connectivity index (χ3n) is 3.71. The van der Waals surface area contributed by atoms with Crippen LogP contribution < -0.4 is 16.2 Å². The molecule has 0 spiro atoms. The second-order valence-electron chi connectivity index (χ2n) is 4.92. The predicted octanol–water partition coefficient (Wildman–Crippen LogP) is 1.90. The zero-order chi connectivity index (χ0) is 15.2. The summed E-state index contributed by atoms with van der Waals surface area (Å²) in [6.07, 6.45) is 1.97. The number of aliphatic hydroxyl groups excluding tert-OH is 1. The Labute approximate surface area is 125 Å². The van der Waals surface area contributed by atoms with Gasteiger partial charge < -0.3 is 10.0 Å². The van der Waals surface area contributed by atoms with E-state index in [0.29, 0.717) is 18.5 Å². The number of hydrogen-bond donors (Lipinski definition) is 3. The molecular weight excluding hydrogens is 266 g/mol. The van der Waals surface area contributed by atoms with Gasteiger partial charge in [0, 0.05) is 18.0 Å². The molecule has 0 radical (unpaired) electrons. The standard InChI is InChI=1S/C15H23N5O/c1-3-11(4-2)20(9-10-21)14-12-7-5-6-8-13(12)17-15(18-14)19-16/h5-8,11,21H,3-4,9-10,16H2,1-2H3,(H,17,18,19). The van der Waals surface area contributed by atoms with Crippen molar-refractivity contribution < 1.29 is 5.11 Å². The van der Waals surface area contributed by atoms with Crippen molar-refractivity contribution in [1.82, 2.24) is 9.97 Å². The molecule has 0 fully saturated rings. The van der Waals surface area contributed by atoms with E-state index in [9.17, 15) is 5.11 Å². The Balaban J connectivity index is 2.59. The lowest BCUT2D eigenvalue weighted by Gasteiger charge is -2.32. The summed E-state index contributed by atoms with van der Waals surface area (Å²) in [5.74, 6) is 6.68. The minimum atomic E-state index is 0.0835. The van der Waals surface area contributed by atoms with Crippen LogP contribution in [0.3, 0.4) is 0 Å². The molecule has 0 aliphatic rings. The lowest BCUT2D eigenvalue weighted by atomic mass is 10.1. The summed E-state index contributed by atoms with van der Waals surface area (Å²) in [4.78, 5) is 11.0. The number of hydrazine groups is 1. The largest absolute Gasteiger partial charge is 0.395 e. The summed E-state index contributed by atoms with van der Waals surface area (Å²) < 4.78 is 0. The second kappa shape index (κ2) is 7.19. The molecule has 1 aromatic heterocycles. The first-order valence-electron chi connectivity index (χ1n) is 7.36. The van der Waals surface area contributed by atoms with E-state index in [1.807, 2.05) is 24.3 Å². The molecule has 4 N–H and O–H groups in total. The molecule has 114 valence electrons. The van der Waals surface area contributed by atoms with Crippen molar-refractivity contribution in [2.75, 3.05) is 23.5 Å². The number of hydrogen-bond acceptors (Lipinski definition) is 6. The highest BCUT2D eigenvalue weighted by atomic mass is 16.3. The van der Waals surface area contributed by atoms with Crippen LogP contribution >= 0.6 is 0 Å². The topological polar surface area (TPSA) is 87.3 Å². The van der Waals surface area contributed by atoms with Crippen LogP contribution in [0.5, 0.6) is 0 Å². The Kier molecular flexibility index (Phi) is 5.30. The molecule has 2 aromatic rings. The Morgan fingerprint density at radius 3 is 2.57 bits per heavy atom. The van der Waals surface area contributed by atoms with Gasteiger partial charge in [-0.3, -0.25) is 5.43 Å². The predicted molar refractivity (Wildman–Crippen MR) is 86.1 cm³/mol. The van der Waals surface area contributed by atoms with E-state index in [-0.39, 0.29) is 6.61 Å². The molecule has 0 saturated heterocycles. The van der Waals surface area contributed by atoms with Crippen LogP contribution in [-0.4, -0.2) is 34.3 Å². The molecule has 2 rings (SSSR count). The molecule has 0 aliphatic heterocycles. The molecule has 1 heterocycles. The van der Waals surface area contributed by atoms with Gasteiger partial charge in [-0.2, -0.15) is 4.98 Å². The van der Waals surface area contributed by atoms with Crippen molar-refractivity contribution >= 4 is 22.7 Å². The van der Waals surface area contributed by atoms with E-state index in [1.54, 1.807) is 0 Å². The quantitative estimate of drug-likeness (QED) is 0.533. The first-order valence-corrected chi connectivity index (χ1v) is 7.36. The maximum absolute atomic E-state index is 9.41. The van der Waals surface area contributed by atoms with Gasteiger partial charge in [0.1, 0.15) is 5.82 Å². The average molecular weight is 289 g/mol. The second-order valence-corrected chi connectivity index (χ2v) is 4.92. The Bertz CT molecular complexity index is 585. The maximum Gasteiger partial charge on any atom is 0.239 e. The summed E-state index contributed by atoms with van der Waals surface area (Å²) in [5, 5.41) is 10.4. The molecule has 0 aliphatic carbocycles. The molecule has 0 amide bonds. The fraction of sp³-hybridized carbons (Fsp3) is 0.467. The number of para-hydroxylation sites is 1. The van der Waals surface area contributed by atoms with Crippen molar-refractivity contribution in [2.45, 2.75) is 32.7 Å². The minimum Gasteiger partial charge on any atom is -0.395 e. The van der Waals surface area contributed by atoms with Gasteiger partial charge in [-0.15, -0.1) is 0 Å². The van der Waals surface area contributed by atoms with Gasteiger partial charge in [-0.05, 0) is 25.0 Å². The number of benzene rings is 1. The van der Waals surface area contributed by atoms with E-state index in [2.05, 4.69) is 34.1 Å². The van der Waals surface area contributed by atoms with Crippen molar-refractivity contribution in [3.63, 3.8) is 0 Å². The van der Waals surface area contributed by atoms with Crippen molar-refractivity contribution in [1.29, 1.82) is 0 Å². The lowest BCUT2D eigenvalue weighted by Crippen LogP contribution is -2.37. The number of nitrogen functional groups attached to an aromatic ring is 1. The molecule has 0 unspecified atom stereocenters. The molecule has 6 nitrogen and oxygen atoms in total. The van der Waals surface area contributed by atoms with Crippen LogP contribution in [0.2, 0.25) is 0 Å². The SMILES string of the molecule is CCC(CC)N(CCO)c1nc(NN)nc2ccccc12. The van der Waals surface area contributed by atoms with Crippen molar-refractivity contribution in [3.05, 3.63) is 24.3 Å². The van der Waals surface area contributed by atoms with E-state index >= 15 is 0 Å². The van der Waals surface area contributed by atoms with Gasteiger partial charge in [0.15, 0.2) is 0 Å². The third kappa shape index (κ3) is 3.22. The van der Waals surface area contributed by atoms with Crippen molar-refractivity contribution in [2.24, 2.45) is 5.84 Å². The highest BCUT2D eigenvalue weighted by Crippen LogP contribution is 2.27. The first-order chi connectivity index (χ1) is 10.2. The fourth-order valence-electron chi connectivity index (χ4n) is 2.64. The van der Waals surface area contributed by atoms with E-state index in [0.717, 1.165) is 29.6 Å². The Hall–Kier alpha value is -1.92. The minimum absolute atomic E-state index is 0.0835. The smallest absolute Gasteiger partial charge is 0.239 e. The highest BCUT2D eigenvalue weighted by molar-refractivity contribution is 5.90. The summed E-state index contributed by atoms with van der Waals surface area (Å²) >= 11 is 0. The number of nitrogens with one attached hydrogen (secondary N) is 1. The molecule has 0 atom stereocenters. The van der Waals surface area contributed by atoms with Gasteiger partial charge in [0.25, 0.3) is 0 Å². The van der Waals surface area contributed by atoms with Crippen LogP contribution in [-0.2, 0) is 0 Å². The molecule has 0 saturated carbocycles. The number of fused-ring (bicyclic) bond motifs is 1. The normalized spacial score (nSPS) is 11.1. The number of nitrogens with zero attached hydrogens (tertiary/aromatic N) is 3. The number of rotatable bonds is 7. The lowest BCUT2D eigenvalue weighted by molar-refractivity contribution is 0.295. The van der Waals surface area contributed by atoms with Gasteiger partial charge in [-0.25, -0.2) is 10.8 Å². The molecule has 21 heavy (non-hydrogen) atoms. The summed E-state index contributed by atoms with van der Waals surface area (Å²) in [6, 6.07) is 8.16. The van der Waals surface area contributed by atoms with Crippen molar-refractivity contribution in [3.8, 4) is 0 Å². The van der Waals surface area contributed by atoms with E-state index < -0.39 is 0 Å². The third-order valence-corrected chi connectivity index (χ3v) is 3.71. The zero-order valence-corrected chi connectivity index (χ0v) is 12.6. The van der Waals surface area contributed by atoms with Gasteiger partial charge >= 0.3 is 0 Å². The van der Waals surface area contributed by atoms with Crippen LogP contribution in [0.4, 0.5) is 11.8 Å². The number of nitrogens with two attached hydrogens (primary N) is 1. The van der Waals surface area contributed by atoms with Crippen LogP contribution in [0.1, 0.15) is 26.7 Å². The van der Waals surface area contributed by atoms with E-state index in [1.165, 1.54) is 0 Å². The first kappa shape index (κ1) is 15.5. The maximum atomic E-state index is 9.41. The molecular formula is C15H23N5O. The van der Waals surface area contributed by atoms with Gasteiger partial charge in [-0.1, -0.05) is 26.0 Å². The summed E-state index contributed by atoms with van der Waals surface area (Å²) in [6.45, 7) is 4.91. The highest BCUT2D eigenvalue weighted by Gasteiger charge is 2.20. The summed E-state index contributed by atoms with van der Waals surface area (Å²) in [5.41, 5.74) is 3.36. The average Bonchev–Trinajstić information content (AvgIpc) is 2.54. The fourth-order valence-corrected chi connectivity index (χ4v) is 2.64. The molecule has 6 heteroatoms. The zero-order valence-electron chi connectivity index (χ0n) is 12.6. The van der Waals surface area contributed by atoms with E-state index in [4.69, 9.17) is 5.84 Å².